The smallest absolute Gasteiger partial charge is 0.339 e. The number of carboxylic acids is 1. The van der Waals surface area contributed by atoms with Crippen molar-refractivity contribution >= 4 is 11.7 Å². The van der Waals surface area contributed by atoms with Crippen LogP contribution in [-0.2, 0) is 0 Å². The number of nitrogens with one attached hydrogen (secondary N) is 1. The SMILES string of the molecule is O=C(O)c1cnccc1NC1CCCCC1. The molecule has 0 aliphatic heterocycles. The highest BCUT2D eigenvalue weighted by molar-refractivity contribution is 5.93. The number of aromatic nitrogens is 1. The molecule has 0 spiro atoms. The maximum absolute atomic E-state index is 11.0. The van der Waals surface area contributed by atoms with E-state index in [1.165, 1.54) is 25.5 Å². The molecule has 0 aromatic carbocycles. The average molecular weight is 220 g/mol. The van der Waals surface area contributed by atoms with E-state index in [4.69, 9.17) is 5.11 Å². The Morgan fingerprint density at radius 3 is 2.81 bits per heavy atom. The molecule has 1 aliphatic rings. The summed E-state index contributed by atoms with van der Waals surface area (Å²) in [6.45, 7) is 0. The fourth-order valence-electron chi connectivity index (χ4n) is 2.16. The van der Waals surface area contributed by atoms with Crippen molar-refractivity contribution in [3.05, 3.63) is 24.0 Å². The van der Waals surface area contributed by atoms with Crippen molar-refractivity contribution in [3.63, 3.8) is 0 Å². The van der Waals surface area contributed by atoms with Crippen LogP contribution in [0.5, 0.6) is 0 Å². The molecule has 16 heavy (non-hydrogen) atoms. The highest BCUT2D eigenvalue weighted by Gasteiger charge is 2.16. The molecule has 4 nitrogen and oxygen atoms in total. The molecule has 1 aliphatic carbocycles. The van der Waals surface area contributed by atoms with Crippen LogP contribution in [0.15, 0.2) is 18.5 Å². The second kappa shape index (κ2) is 4.96. The topological polar surface area (TPSA) is 62.2 Å². The molecule has 2 rings (SSSR count). The monoisotopic (exact) mass is 220 g/mol. The van der Waals surface area contributed by atoms with Crippen molar-refractivity contribution in [2.24, 2.45) is 0 Å². The van der Waals surface area contributed by atoms with Crippen molar-refractivity contribution in [2.45, 2.75) is 38.1 Å². The van der Waals surface area contributed by atoms with Crippen molar-refractivity contribution in [2.75, 3.05) is 5.32 Å². The van der Waals surface area contributed by atoms with E-state index in [-0.39, 0.29) is 5.56 Å². The van der Waals surface area contributed by atoms with Gasteiger partial charge in [-0.3, -0.25) is 4.98 Å². The molecule has 0 bridgehead atoms. The molecule has 1 saturated carbocycles. The quantitative estimate of drug-likeness (QED) is 0.821. The first-order valence-electron chi connectivity index (χ1n) is 5.71. The van der Waals surface area contributed by atoms with Gasteiger partial charge in [-0.25, -0.2) is 4.79 Å². The van der Waals surface area contributed by atoms with Gasteiger partial charge in [0.1, 0.15) is 5.56 Å². The van der Waals surface area contributed by atoms with Crippen molar-refractivity contribution in [1.29, 1.82) is 0 Å². The molecule has 0 saturated heterocycles. The van der Waals surface area contributed by atoms with Gasteiger partial charge < -0.3 is 10.4 Å². The highest BCUT2D eigenvalue weighted by Crippen LogP contribution is 2.23. The van der Waals surface area contributed by atoms with Crippen LogP contribution in [-0.4, -0.2) is 22.1 Å². The number of pyridine rings is 1. The van der Waals surface area contributed by atoms with E-state index in [1.807, 2.05) is 0 Å². The highest BCUT2D eigenvalue weighted by atomic mass is 16.4. The van der Waals surface area contributed by atoms with Gasteiger partial charge in [-0.05, 0) is 18.9 Å². The first kappa shape index (κ1) is 10.9. The van der Waals surface area contributed by atoms with E-state index >= 15 is 0 Å². The largest absolute Gasteiger partial charge is 0.478 e. The maximum atomic E-state index is 11.0. The van der Waals surface area contributed by atoms with E-state index < -0.39 is 5.97 Å². The zero-order chi connectivity index (χ0) is 11.4. The van der Waals surface area contributed by atoms with Crippen LogP contribution in [0.1, 0.15) is 42.5 Å². The normalized spacial score (nSPS) is 17.0. The van der Waals surface area contributed by atoms with Gasteiger partial charge in [0.25, 0.3) is 0 Å². The Hall–Kier alpha value is -1.58. The fraction of sp³-hybridized carbons (Fsp3) is 0.500. The Morgan fingerprint density at radius 2 is 2.12 bits per heavy atom. The van der Waals surface area contributed by atoms with Gasteiger partial charge in [-0.2, -0.15) is 0 Å². The third kappa shape index (κ3) is 2.51. The minimum atomic E-state index is -0.925. The predicted octanol–water partition coefficient (Wildman–Crippen LogP) is 2.52. The zero-order valence-electron chi connectivity index (χ0n) is 9.15. The van der Waals surface area contributed by atoms with Gasteiger partial charge in [0, 0.05) is 18.4 Å². The molecule has 0 amide bonds. The Balaban J connectivity index is 2.10. The van der Waals surface area contributed by atoms with Crippen LogP contribution in [0.3, 0.4) is 0 Å². The molecule has 86 valence electrons. The van der Waals surface area contributed by atoms with E-state index in [1.54, 1.807) is 12.3 Å². The number of rotatable bonds is 3. The molecule has 2 N–H and O–H groups in total. The van der Waals surface area contributed by atoms with E-state index in [0.29, 0.717) is 11.7 Å². The summed E-state index contributed by atoms with van der Waals surface area (Å²) >= 11 is 0. The average Bonchev–Trinajstić information content (AvgIpc) is 2.31. The van der Waals surface area contributed by atoms with Gasteiger partial charge in [0.15, 0.2) is 0 Å². The Morgan fingerprint density at radius 1 is 1.38 bits per heavy atom. The number of carboxylic acid groups (broad SMARTS) is 1. The van der Waals surface area contributed by atoms with Crippen LogP contribution < -0.4 is 5.32 Å². The summed E-state index contributed by atoms with van der Waals surface area (Å²) in [5, 5.41) is 12.3. The van der Waals surface area contributed by atoms with Crippen molar-refractivity contribution in [3.8, 4) is 0 Å². The Labute approximate surface area is 94.7 Å². The van der Waals surface area contributed by atoms with Crippen molar-refractivity contribution in [1.82, 2.24) is 4.98 Å². The predicted molar refractivity (Wildman–Crippen MR) is 61.7 cm³/mol. The number of nitrogens with zero attached hydrogens (tertiary/aromatic N) is 1. The molecular formula is C12H16N2O2. The number of hydrogen-bond acceptors (Lipinski definition) is 3. The lowest BCUT2D eigenvalue weighted by atomic mass is 9.95. The molecule has 4 heteroatoms. The van der Waals surface area contributed by atoms with E-state index in [9.17, 15) is 4.79 Å². The minimum Gasteiger partial charge on any atom is -0.478 e. The van der Waals surface area contributed by atoms with Crippen LogP contribution in [0.2, 0.25) is 0 Å². The molecule has 1 heterocycles. The Kier molecular flexibility index (Phi) is 3.39. The third-order valence-corrected chi connectivity index (χ3v) is 3.02. The molecule has 1 aromatic heterocycles. The lowest BCUT2D eigenvalue weighted by Gasteiger charge is -2.24. The number of aromatic carboxylic acids is 1. The van der Waals surface area contributed by atoms with Crippen LogP contribution >= 0.6 is 0 Å². The molecule has 1 fully saturated rings. The van der Waals surface area contributed by atoms with Gasteiger partial charge in [0.05, 0.1) is 5.69 Å². The molecule has 0 radical (unpaired) electrons. The number of hydrogen-bond donors (Lipinski definition) is 2. The van der Waals surface area contributed by atoms with Gasteiger partial charge in [0.2, 0.25) is 0 Å². The van der Waals surface area contributed by atoms with E-state index in [2.05, 4.69) is 10.3 Å². The lowest BCUT2D eigenvalue weighted by Crippen LogP contribution is -2.23. The second-order valence-electron chi connectivity index (χ2n) is 4.21. The van der Waals surface area contributed by atoms with Crippen LogP contribution in [0.4, 0.5) is 5.69 Å². The summed E-state index contributed by atoms with van der Waals surface area (Å²) in [7, 11) is 0. The summed E-state index contributed by atoms with van der Waals surface area (Å²) in [5.74, 6) is -0.925. The fourth-order valence-corrected chi connectivity index (χ4v) is 2.16. The Bertz CT molecular complexity index is 373. The lowest BCUT2D eigenvalue weighted by molar-refractivity contribution is 0.0697. The summed E-state index contributed by atoms with van der Waals surface area (Å²) in [6.07, 6.45) is 9.02. The zero-order valence-corrected chi connectivity index (χ0v) is 9.15. The summed E-state index contributed by atoms with van der Waals surface area (Å²) in [4.78, 5) is 14.8. The van der Waals surface area contributed by atoms with Gasteiger partial charge >= 0.3 is 5.97 Å². The number of carbonyl (C=O) groups is 1. The van der Waals surface area contributed by atoms with Gasteiger partial charge in [-0.1, -0.05) is 19.3 Å². The van der Waals surface area contributed by atoms with Crippen molar-refractivity contribution < 1.29 is 9.90 Å². The third-order valence-electron chi connectivity index (χ3n) is 3.02. The first-order valence-corrected chi connectivity index (χ1v) is 5.71. The van der Waals surface area contributed by atoms with Crippen LogP contribution in [0.25, 0.3) is 0 Å². The molecule has 0 atom stereocenters. The van der Waals surface area contributed by atoms with Crippen LogP contribution in [0, 0.1) is 0 Å². The van der Waals surface area contributed by atoms with Gasteiger partial charge in [-0.15, -0.1) is 0 Å². The number of anilines is 1. The summed E-state index contributed by atoms with van der Waals surface area (Å²) < 4.78 is 0. The maximum Gasteiger partial charge on any atom is 0.339 e. The molecule has 0 unspecified atom stereocenters. The standard InChI is InChI=1S/C12H16N2O2/c15-12(16)10-8-13-7-6-11(10)14-9-4-2-1-3-5-9/h6-9H,1-5H2,(H,13,14)(H,15,16). The molecule has 1 aromatic rings. The second-order valence-corrected chi connectivity index (χ2v) is 4.21. The first-order chi connectivity index (χ1) is 7.77. The summed E-state index contributed by atoms with van der Waals surface area (Å²) in [5.41, 5.74) is 0.947. The summed E-state index contributed by atoms with van der Waals surface area (Å²) in [6, 6.07) is 2.15. The van der Waals surface area contributed by atoms with E-state index in [0.717, 1.165) is 12.8 Å². The molecular weight excluding hydrogens is 204 g/mol. The minimum absolute atomic E-state index is 0.257.